The standard InChI is InChI=1S/C11H7BrINO2/c1-16-11(15)7-2-3-9(12)8-4-6(13)5-14-10(7)8/h2-5H,1H3. The van der Waals surface area contributed by atoms with Crippen molar-refractivity contribution in [3.05, 3.63) is 38.0 Å². The number of methoxy groups -OCH3 is 1. The Kier molecular flexibility index (Phi) is 3.44. The molecule has 1 aromatic carbocycles. The highest BCUT2D eigenvalue weighted by molar-refractivity contribution is 14.1. The van der Waals surface area contributed by atoms with Crippen LogP contribution in [0.5, 0.6) is 0 Å². The lowest BCUT2D eigenvalue weighted by molar-refractivity contribution is 0.0603. The first kappa shape index (κ1) is 11.8. The number of pyridine rings is 1. The second kappa shape index (κ2) is 4.67. The van der Waals surface area contributed by atoms with E-state index in [1.54, 1.807) is 12.3 Å². The summed E-state index contributed by atoms with van der Waals surface area (Å²) in [5.74, 6) is -0.369. The fraction of sp³-hybridized carbons (Fsp3) is 0.0909. The summed E-state index contributed by atoms with van der Waals surface area (Å²) in [4.78, 5) is 15.8. The zero-order chi connectivity index (χ0) is 11.7. The molecule has 0 N–H and O–H groups in total. The van der Waals surface area contributed by atoms with E-state index in [4.69, 9.17) is 4.74 Å². The molecule has 0 fully saturated rings. The second-order valence-corrected chi connectivity index (χ2v) is 5.24. The lowest BCUT2D eigenvalue weighted by atomic mass is 10.1. The minimum absolute atomic E-state index is 0.369. The molecule has 0 saturated carbocycles. The van der Waals surface area contributed by atoms with Crippen LogP contribution in [0.1, 0.15) is 10.4 Å². The quantitative estimate of drug-likeness (QED) is 0.552. The number of benzene rings is 1. The molecule has 0 aliphatic rings. The Hall–Kier alpha value is -0.690. The molecule has 0 amide bonds. The van der Waals surface area contributed by atoms with E-state index >= 15 is 0 Å². The molecule has 0 aliphatic carbocycles. The van der Waals surface area contributed by atoms with Gasteiger partial charge in [0, 0.05) is 19.6 Å². The molecule has 2 rings (SSSR count). The van der Waals surface area contributed by atoms with Gasteiger partial charge in [0.05, 0.1) is 18.2 Å². The third kappa shape index (κ3) is 2.06. The van der Waals surface area contributed by atoms with Gasteiger partial charge in [-0.05, 0) is 40.8 Å². The van der Waals surface area contributed by atoms with E-state index in [1.807, 2.05) is 12.1 Å². The molecule has 0 unspecified atom stereocenters. The highest BCUT2D eigenvalue weighted by Crippen LogP contribution is 2.27. The summed E-state index contributed by atoms with van der Waals surface area (Å²) in [5.41, 5.74) is 1.14. The van der Waals surface area contributed by atoms with Crippen LogP contribution >= 0.6 is 38.5 Å². The maximum absolute atomic E-state index is 11.5. The van der Waals surface area contributed by atoms with E-state index in [2.05, 4.69) is 43.5 Å². The minimum atomic E-state index is -0.369. The Bertz CT molecular complexity index is 571. The first-order chi connectivity index (χ1) is 7.63. The molecular formula is C11H7BrINO2. The van der Waals surface area contributed by atoms with Crippen molar-refractivity contribution in [3.63, 3.8) is 0 Å². The van der Waals surface area contributed by atoms with Crippen molar-refractivity contribution in [3.8, 4) is 0 Å². The zero-order valence-corrected chi connectivity index (χ0v) is 12.1. The van der Waals surface area contributed by atoms with Crippen molar-refractivity contribution >= 4 is 55.4 Å². The zero-order valence-electron chi connectivity index (χ0n) is 8.33. The van der Waals surface area contributed by atoms with Gasteiger partial charge >= 0.3 is 5.97 Å². The Morgan fingerprint density at radius 1 is 1.50 bits per heavy atom. The molecule has 0 bridgehead atoms. The summed E-state index contributed by atoms with van der Waals surface area (Å²) in [6.45, 7) is 0. The summed E-state index contributed by atoms with van der Waals surface area (Å²) >= 11 is 5.62. The second-order valence-electron chi connectivity index (χ2n) is 3.14. The number of hydrogen-bond donors (Lipinski definition) is 0. The molecule has 0 aliphatic heterocycles. The molecule has 0 saturated heterocycles. The Morgan fingerprint density at radius 2 is 2.25 bits per heavy atom. The number of fused-ring (bicyclic) bond motifs is 1. The van der Waals surface area contributed by atoms with E-state index in [0.29, 0.717) is 11.1 Å². The van der Waals surface area contributed by atoms with Gasteiger partial charge in [0.25, 0.3) is 0 Å². The van der Waals surface area contributed by atoms with E-state index in [0.717, 1.165) is 13.4 Å². The molecule has 0 spiro atoms. The molecule has 16 heavy (non-hydrogen) atoms. The highest BCUT2D eigenvalue weighted by Gasteiger charge is 2.13. The molecule has 3 nitrogen and oxygen atoms in total. The van der Waals surface area contributed by atoms with Crippen LogP contribution in [0.2, 0.25) is 0 Å². The fourth-order valence-corrected chi connectivity index (χ4v) is 2.32. The van der Waals surface area contributed by atoms with E-state index < -0.39 is 0 Å². The number of carbonyl (C=O) groups is 1. The predicted molar refractivity (Wildman–Crippen MR) is 73.5 cm³/mol. The van der Waals surface area contributed by atoms with Crippen LogP contribution in [0.4, 0.5) is 0 Å². The van der Waals surface area contributed by atoms with Crippen LogP contribution in [0.3, 0.4) is 0 Å². The number of nitrogens with zero attached hydrogens (tertiary/aromatic N) is 1. The molecular weight excluding hydrogens is 385 g/mol. The number of ether oxygens (including phenoxy) is 1. The van der Waals surface area contributed by atoms with Gasteiger partial charge in [-0.2, -0.15) is 0 Å². The van der Waals surface area contributed by atoms with Gasteiger partial charge < -0.3 is 4.74 Å². The van der Waals surface area contributed by atoms with Crippen molar-refractivity contribution in [2.45, 2.75) is 0 Å². The summed E-state index contributed by atoms with van der Waals surface area (Å²) in [5, 5.41) is 0.912. The Balaban J connectivity index is 2.79. The van der Waals surface area contributed by atoms with Crippen LogP contribution in [-0.2, 0) is 4.74 Å². The summed E-state index contributed by atoms with van der Waals surface area (Å²) in [6.07, 6.45) is 1.72. The van der Waals surface area contributed by atoms with E-state index in [1.165, 1.54) is 7.11 Å². The topological polar surface area (TPSA) is 39.2 Å². The van der Waals surface area contributed by atoms with Crippen molar-refractivity contribution in [2.75, 3.05) is 7.11 Å². The normalized spacial score (nSPS) is 10.4. The maximum atomic E-state index is 11.5. The third-order valence-corrected chi connectivity index (χ3v) is 3.45. The maximum Gasteiger partial charge on any atom is 0.340 e. The molecule has 5 heteroatoms. The van der Waals surface area contributed by atoms with Crippen LogP contribution in [0.15, 0.2) is 28.9 Å². The van der Waals surface area contributed by atoms with Crippen LogP contribution in [0, 0.1) is 3.57 Å². The van der Waals surface area contributed by atoms with Crippen molar-refractivity contribution < 1.29 is 9.53 Å². The van der Waals surface area contributed by atoms with Gasteiger partial charge in [0.2, 0.25) is 0 Å². The predicted octanol–water partition coefficient (Wildman–Crippen LogP) is 3.39. The monoisotopic (exact) mass is 391 g/mol. The van der Waals surface area contributed by atoms with Gasteiger partial charge in [0.1, 0.15) is 0 Å². The first-order valence-electron chi connectivity index (χ1n) is 4.45. The van der Waals surface area contributed by atoms with Crippen molar-refractivity contribution in [1.82, 2.24) is 4.98 Å². The van der Waals surface area contributed by atoms with Crippen molar-refractivity contribution in [1.29, 1.82) is 0 Å². The fourth-order valence-electron chi connectivity index (χ4n) is 1.44. The average molecular weight is 392 g/mol. The molecule has 1 heterocycles. The Morgan fingerprint density at radius 3 is 2.94 bits per heavy atom. The van der Waals surface area contributed by atoms with Gasteiger partial charge in [-0.25, -0.2) is 4.79 Å². The SMILES string of the molecule is COC(=O)c1ccc(Br)c2cc(I)cnc12. The number of rotatable bonds is 1. The molecule has 1 aromatic heterocycles. The van der Waals surface area contributed by atoms with Crippen LogP contribution in [0.25, 0.3) is 10.9 Å². The van der Waals surface area contributed by atoms with E-state index in [9.17, 15) is 4.79 Å². The lowest BCUT2D eigenvalue weighted by Crippen LogP contribution is -2.03. The molecule has 2 aromatic rings. The first-order valence-corrected chi connectivity index (χ1v) is 6.32. The van der Waals surface area contributed by atoms with E-state index in [-0.39, 0.29) is 5.97 Å². The Labute approximate surface area is 114 Å². The molecule has 82 valence electrons. The molecule has 0 atom stereocenters. The average Bonchev–Trinajstić information content (AvgIpc) is 2.29. The third-order valence-electron chi connectivity index (χ3n) is 2.17. The van der Waals surface area contributed by atoms with Crippen LogP contribution < -0.4 is 0 Å². The summed E-state index contributed by atoms with van der Waals surface area (Å²) in [7, 11) is 1.36. The summed E-state index contributed by atoms with van der Waals surface area (Å²) in [6, 6.07) is 5.50. The van der Waals surface area contributed by atoms with Gasteiger partial charge in [-0.3, -0.25) is 4.98 Å². The number of carbonyl (C=O) groups excluding carboxylic acids is 1. The number of esters is 1. The largest absolute Gasteiger partial charge is 0.465 e. The minimum Gasteiger partial charge on any atom is -0.465 e. The van der Waals surface area contributed by atoms with Gasteiger partial charge in [-0.1, -0.05) is 15.9 Å². The van der Waals surface area contributed by atoms with Gasteiger partial charge in [0.15, 0.2) is 0 Å². The lowest BCUT2D eigenvalue weighted by Gasteiger charge is -2.05. The molecule has 0 radical (unpaired) electrons. The van der Waals surface area contributed by atoms with Crippen LogP contribution in [-0.4, -0.2) is 18.1 Å². The highest BCUT2D eigenvalue weighted by atomic mass is 127. The van der Waals surface area contributed by atoms with Gasteiger partial charge in [-0.15, -0.1) is 0 Å². The van der Waals surface area contributed by atoms with Crippen molar-refractivity contribution in [2.24, 2.45) is 0 Å². The summed E-state index contributed by atoms with van der Waals surface area (Å²) < 4.78 is 6.66. The number of hydrogen-bond acceptors (Lipinski definition) is 3. The smallest absolute Gasteiger partial charge is 0.340 e. The number of aromatic nitrogens is 1. The number of halogens is 2.